The van der Waals surface area contributed by atoms with Crippen LogP contribution in [0.15, 0.2) is 6.33 Å². The van der Waals surface area contributed by atoms with E-state index in [1.807, 2.05) is 25.3 Å². The molecule has 0 spiro atoms. The molecule has 0 aliphatic carbocycles. The Morgan fingerprint density at radius 1 is 1.50 bits per heavy atom. The molecule has 1 rings (SSSR count). The Morgan fingerprint density at radius 3 is 2.43 bits per heavy atom. The molecule has 0 bridgehead atoms. The second kappa shape index (κ2) is 3.82. The van der Waals surface area contributed by atoms with Crippen LogP contribution in [0.2, 0.25) is 0 Å². The normalized spacial score (nSPS) is 15.1. The van der Waals surface area contributed by atoms with E-state index in [9.17, 15) is 4.79 Å². The minimum atomic E-state index is -0.775. The minimum absolute atomic E-state index is 0.0614. The first-order chi connectivity index (χ1) is 6.45. The zero-order valence-corrected chi connectivity index (χ0v) is 8.98. The van der Waals surface area contributed by atoms with Crippen molar-refractivity contribution in [1.29, 1.82) is 0 Å². The van der Waals surface area contributed by atoms with Crippen molar-refractivity contribution < 1.29 is 9.90 Å². The van der Waals surface area contributed by atoms with Gasteiger partial charge < -0.3 is 9.67 Å². The Balaban J connectivity index is 2.94. The average molecular weight is 196 g/mol. The highest BCUT2D eigenvalue weighted by atomic mass is 16.4. The third-order valence-electron chi connectivity index (χ3n) is 2.84. The van der Waals surface area contributed by atoms with E-state index < -0.39 is 11.9 Å². The number of nitrogens with zero attached hydrogens (tertiary/aromatic N) is 2. The van der Waals surface area contributed by atoms with Gasteiger partial charge in [-0.15, -0.1) is 0 Å². The number of rotatable bonds is 3. The zero-order valence-electron chi connectivity index (χ0n) is 8.98. The molecule has 2 unspecified atom stereocenters. The SMILES string of the molecule is Cc1ncn(C(C)C(C)C(=O)O)c1C. The highest BCUT2D eigenvalue weighted by Crippen LogP contribution is 2.20. The van der Waals surface area contributed by atoms with Crippen molar-refractivity contribution in [1.82, 2.24) is 9.55 Å². The number of hydrogen-bond donors (Lipinski definition) is 1. The molecule has 14 heavy (non-hydrogen) atoms. The molecule has 0 aliphatic heterocycles. The van der Waals surface area contributed by atoms with E-state index in [1.54, 1.807) is 13.3 Å². The summed E-state index contributed by atoms with van der Waals surface area (Å²) in [5.74, 6) is -1.18. The van der Waals surface area contributed by atoms with Crippen molar-refractivity contribution in [3.8, 4) is 0 Å². The van der Waals surface area contributed by atoms with Crippen LogP contribution in [0.25, 0.3) is 0 Å². The van der Waals surface area contributed by atoms with Gasteiger partial charge in [-0.1, -0.05) is 0 Å². The predicted molar refractivity (Wildman–Crippen MR) is 53.2 cm³/mol. The number of carboxylic acid groups (broad SMARTS) is 1. The Morgan fingerprint density at radius 2 is 2.07 bits per heavy atom. The summed E-state index contributed by atoms with van der Waals surface area (Å²) in [6.07, 6.45) is 1.70. The Hall–Kier alpha value is -1.32. The quantitative estimate of drug-likeness (QED) is 0.801. The van der Waals surface area contributed by atoms with Crippen LogP contribution >= 0.6 is 0 Å². The van der Waals surface area contributed by atoms with Gasteiger partial charge in [0.2, 0.25) is 0 Å². The molecule has 78 valence electrons. The molecule has 0 aromatic carbocycles. The average Bonchev–Trinajstić information content (AvgIpc) is 2.45. The maximum Gasteiger partial charge on any atom is 0.308 e. The highest BCUT2D eigenvalue weighted by Gasteiger charge is 2.22. The van der Waals surface area contributed by atoms with Gasteiger partial charge in [0.15, 0.2) is 0 Å². The van der Waals surface area contributed by atoms with Crippen molar-refractivity contribution in [2.24, 2.45) is 5.92 Å². The molecule has 0 fully saturated rings. The van der Waals surface area contributed by atoms with E-state index in [4.69, 9.17) is 5.11 Å². The topological polar surface area (TPSA) is 55.1 Å². The Labute approximate surface area is 83.6 Å². The summed E-state index contributed by atoms with van der Waals surface area (Å²) in [6, 6.07) is -0.0614. The zero-order chi connectivity index (χ0) is 10.9. The lowest BCUT2D eigenvalue weighted by Gasteiger charge is -2.19. The third-order valence-corrected chi connectivity index (χ3v) is 2.84. The van der Waals surface area contributed by atoms with Crippen LogP contribution in [0.4, 0.5) is 0 Å². The first-order valence-electron chi connectivity index (χ1n) is 4.68. The smallest absolute Gasteiger partial charge is 0.308 e. The van der Waals surface area contributed by atoms with Gasteiger partial charge in [0, 0.05) is 11.7 Å². The summed E-state index contributed by atoms with van der Waals surface area (Å²) in [4.78, 5) is 14.9. The van der Waals surface area contributed by atoms with Gasteiger partial charge in [0.05, 0.1) is 17.9 Å². The predicted octanol–water partition coefficient (Wildman–Crippen LogP) is 1.78. The van der Waals surface area contributed by atoms with Crippen molar-refractivity contribution in [3.05, 3.63) is 17.7 Å². The maximum atomic E-state index is 10.8. The van der Waals surface area contributed by atoms with Gasteiger partial charge in [0.25, 0.3) is 0 Å². The van der Waals surface area contributed by atoms with Crippen LogP contribution in [-0.2, 0) is 4.79 Å². The van der Waals surface area contributed by atoms with Gasteiger partial charge in [0.1, 0.15) is 0 Å². The lowest BCUT2D eigenvalue weighted by molar-refractivity contribution is -0.142. The van der Waals surface area contributed by atoms with Gasteiger partial charge in [-0.25, -0.2) is 4.98 Å². The van der Waals surface area contributed by atoms with Gasteiger partial charge in [-0.05, 0) is 27.7 Å². The molecule has 1 N–H and O–H groups in total. The van der Waals surface area contributed by atoms with Crippen molar-refractivity contribution in [2.75, 3.05) is 0 Å². The van der Waals surface area contributed by atoms with E-state index >= 15 is 0 Å². The molecule has 2 atom stereocenters. The van der Waals surface area contributed by atoms with Crippen LogP contribution in [0, 0.1) is 19.8 Å². The number of carbonyl (C=O) groups is 1. The fourth-order valence-electron chi connectivity index (χ4n) is 1.37. The lowest BCUT2D eigenvalue weighted by atomic mass is 10.0. The fraction of sp³-hybridized carbons (Fsp3) is 0.600. The van der Waals surface area contributed by atoms with Crippen LogP contribution < -0.4 is 0 Å². The Bertz CT molecular complexity index is 344. The van der Waals surface area contributed by atoms with Gasteiger partial charge >= 0.3 is 5.97 Å². The van der Waals surface area contributed by atoms with Gasteiger partial charge in [-0.3, -0.25) is 4.79 Å². The summed E-state index contributed by atoms with van der Waals surface area (Å²) < 4.78 is 1.91. The number of aliphatic carboxylic acids is 1. The fourth-order valence-corrected chi connectivity index (χ4v) is 1.37. The summed E-state index contributed by atoms with van der Waals surface area (Å²) in [5.41, 5.74) is 1.99. The third kappa shape index (κ3) is 1.78. The second-order valence-corrected chi connectivity index (χ2v) is 3.69. The standard InChI is InChI=1S/C10H16N2O2/c1-6(10(13)14)8(3)12-5-11-7(2)9(12)4/h5-6,8H,1-4H3,(H,13,14). The lowest BCUT2D eigenvalue weighted by Crippen LogP contribution is -2.21. The van der Waals surface area contributed by atoms with Crippen LogP contribution in [0.5, 0.6) is 0 Å². The first-order valence-corrected chi connectivity index (χ1v) is 4.68. The van der Waals surface area contributed by atoms with Crippen molar-refractivity contribution in [3.63, 3.8) is 0 Å². The largest absolute Gasteiger partial charge is 0.481 e. The summed E-state index contributed by atoms with van der Waals surface area (Å²) in [6.45, 7) is 7.48. The van der Waals surface area contributed by atoms with Crippen LogP contribution in [0.3, 0.4) is 0 Å². The van der Waals surface area contributed by atoms with E-state index in [0.29, 0.717) is 0 Å². The van der Waals surface area contributed by atoms with E-state index in [-0.39, 0.29) is 6.04 Å². The second-order valence-electron chi connectivity index (χ2n) is 3.69. The molecule has 0 saturated carbocycles. The van der Waals surface area contributed by atoms with Crippen LogP contribution in [-0.4, -0.2) is 20.6 Å². The summed E-state index contributed by atoms with van der Waals surface area (Å²) in [7, 11) is 0. The molecule has 1 aromatic heterocycles. The monoisotopic (exact) mass is 196 g/mol. The maximum absolute atomic E-state index is 10.8. The molecule has 0 aliphatic rings. The molecule has 4 nitrogen and oxygen atoms in total. The summed E-state index contributed by atoms with van der Waals surface area (Å²) in [5, 5.41) is 8.88. The minimum Gasteiger partial charge on any atom is -0.481 e. The number of imidazole rings is 1. The molecular weight excluding hydrogens is 180 g/mol. The highest BCUT2D eigenvalue weighted by molar-refractivity contribution is 5.70. The number of carboxylic acids is 1. The van der Waals surface area contributed by atoms with E-state index in [1.165, 1.54) is 0 Å². The molecule has 0 radical (unpaired) electrons. The number of aryl methyl sites for hydroxylation is 1. The van der Waals surface area contributed by atoms with Gasteiger partial charge in [-0.2, -0.15) is 0 Å². The molecular formula is C10H16N2O2. The molecule has 0 saturated heterocycles. The number of hydrogen-bond acceptors (Lipinski definition) is 2. The Kier molecular flexibility index (Phi) is 2.93. The molecule has 0 amide bonds. The number of aromatic nitrogens is 2. The first kappa shape index (κ1) is 10.8. The molecule has 4 heteroatoms. The van der Waals surface area contributed by atoms with Crippen molar-refractivity contribution >= 4 is 5.97 Å². The van der Waals surface area contributed by atoms with E-state index in [0.717, 1.165) is 11.4 Å². The van der Waals surface area contributed by atoms with Crippen molar-refractivity contribution in [2.45, 2.75) is 33.7 Å². The van der Waals surface area contributed by atoms with Crippen LogP contribution in [0.1, 0.15) is 31.3 Å². The summed E-state index contributed by atoms with van der Waals surface area (Å²) >= 11 is 0. The molecule has 1 aromatic rings. The van der Waals surface area contributed by atoms with E-state index in [2.05, 4.69) is 4.98 Å². The molecule has 1 heterocycles.